The first kappa shape index (κ1) is 19.1. The van der Waals surface area contributed by atoms with Crippen LogP contribution in [0.15, 0.2) is 45.6 Å². The minimum absolute atomic E-state index is 0.0700. The van der Waals surface area contributed by atoms with Gasteiger partial charge in [-0.05, 0) is 50.1 Å². The maximum absolute atomic E-state index is 13.2. The summed E-state index contributed by atoms with van der Waals surface area (Å²) in [6.07, 6.45) is 0.882. The highest BCUT2D eigenvalue weighted by molar-refractivity contribution is 5.99. The number of benzene rings is 2. The minimum Gasteiger partial charge on any atom is -0.490 e. The highest BCUT2D eigenvalue weighted by Gasteiger charge is 2.36. The Morgan fingerprint density at radius 3 is 2.62 bits per heavy atom. The monoisotopic (exact) mass is 393 g/mol. The van der Waals surface area contributed by atoms with Crippen molar-refractivity contribution in [1.29, 1.82) is 0 Å². The van der Waals surface area contributed by atoms with Gasteiger partial charge in [-0.2, -0.15) is 0 Å². The summed E-state index contributed by atoms with van der Waals surface area (Å²) in [7, 11) is 0. The van der Waals surface area contributed by atoms with Gasteiger partial charge in [-0.15, -0.1) is 0 Å². The molecule has 1 atom stereocenters. The van der Waals surface area contributed by atoms with Crippen molar-refractivity contribution >= 4 is 16.9 Å². The van der Waals surface area contributed by atoms with Crippen molar-refractivity contribution in [2.24, 2.45) is 0 Å². The van der Waals surface area contributed by atoms with Crippen LogP contribution < -0.4 is 20.2 Å². The average molecular weight is 393 g/mol. The number of aryl methyl sites for hydroxylation is 1. The van der Waals surface area contributed by atoms with Gasteiger partial charge in [0.25, 0.3) is 5.91 Å². The molecule has 0 radical (unpaired) electrons. The Labute approximate surface area is 168 Å². The Balaban J connectivity index is 1.83. The third-order valence-corrected chi connectivity index (χ3v) is 4.91. The number of ether oxygens (including phenoxy) is 2. The molecule has 0 bridgehead atoms. The predicted molar refractivity (Wildman–Crippen MR) is 110 cm³/mol. The number of hydrogen-bond acceptors (Lipinski definition) is 5. The molecule has 1 unspecified atom stereocenters. The molecular weight excluding hydrogens is 370 g/mol. The quantitative estimate of drug-likeness (QED) is 0.682. The topological polar surface area (TPSA) is 77.8 Å². The Morgan fingerprint density at radius 1 is 1.03 bits per heavy atom. The first-order chi connectivity index (χ1) is 14.0. The van der Waals surface area contributed by atoms with Crippen LogP contribution in [-0.2, 0) is 0 Å². The van der Waals surface area contributed by atoms with E-state index in [0.717, 1.165) is 17.5 Å². The molecular formula is C23H23NO5. The Kier molecular flexibility index (Phi) is 5.01. The highest BCUT2D eigenvalue weighted by Crippen LogP contribution is 2.36. The fourth-order valence-corrected chi connectivity index (χ4v) is 3.58. The molecule has 3 aromatic rings. The van der Waals surface area contributed by atoms with Gasteiger partial charge in [0.2, 0.25) is 5.76 Å². The second-order valence-electron chi connectivity index (χ2n) is 7.07. The molecule has 2 aromatic carbocycles. The van der Waals surface area contributed by atoms with Crippen LogP contribution in [0.2, 0.25) is 0 Å². The van der Waals surface area contributed by atoms with E-state index in [4.69, 9.17) is 13.9 Å². The number of nitrogens with one attached hydrogen (secondary N) is 1. The van der Waals surface area contributed by atoms with E-state index in [1.807, 2.05) is 45.0 Å². The van der Waals surface area contributed by atoms with Crippen molar-refractivity contribution < 1.29 is 18.7 Å². The van der Waals surface area contributed by atoms with Gasteiger partial charge < -0.3 is 19.2 Å². The smallest absolute Gasteiger partial charge is 0.288 e. The van der Waals surface area contributed by atoms with Crippen molar-refractivity contribution in [2.45, 2.75) is 33.2 Å². The van der Waals surface area contributed by atoms with Crippen LogP contribution in [-0.4, -0.2) is 19.1 Å². The van der Waals surface area contributed by atoms with Gasteiger partial charge in [0, 0.05) is 0 Å². The van der Waals surface area contributed by atoms with Crippen LogP contribution >= 0.6 is 0 Å². The van der Waals surface area contributed by atoms with Crippen LogP contribution in [0.1, 0.15) is 53.6 Å². The van der Waals surface area contributed by atoms with E-state index >= 15 is 0 Å². The first-order valence-corrected chi connectivity index (χ1v) is 9.81. The average Bonchev–Trinajstić information content (AvgIpc) is 3.05. The molecule has 0 aliphatic carbocycles. The van der Waals surface area contributed by atoms with Gasteiger partial charge in [0.1, 0.15) is 5.58 Å². The van der Waals surface area contributed by atoms with Gasteiger partial charge in [-0.3, -0.25) is 9.59 Å². The summed E-state index contributed by atoms with van der Waals surface area (Å²) in [6.45, 7) is 6.90. The normalized spacial score (nSPS) is 15.3. The van der Waals surface area contributed by atoms with Gasteiger partial charge in [-0.1, -0.05) is 24.6 Å². The maximum atomic E-state index is 13.2. The lowest BCUT2D eigenvalue weighted by Gasteiger charge is -2.16. The number of carbonyl (C=O) groups excluding carboxylic acids is 1. The van der Waals surface area contributed by atoms with Crippen molar-refractivity contribution in [3.05, 3.63) is 69.1 Å². The lowest BCUT2D eigenvalue weighted by Crippen LogP contribution is -2.22. The summed E-state index contributed by atoms with van der Waals surface area (Å²) in [5, 5.41) is 3.34. The zero-order chi connectivity index (χ0) is 20.5. The number of amides is 1. The first-order valence-electron chi connectivity index (χ1n) is 9.81. The van der Waals surface area contributed by atoms with Crippen molar-refractivity contribution in [3.8, 4) is 11.5 Å². The van der Waals surface area contributed by atoms with E-state index in [0.29, 0.717) is 41.2 Å². The van der Waals surface area contributed by atoms with E-state index in [-0.39, 0.29) is 11.2 Å². The molecule has 150 valence electrons. The lowest BCUT2D eigenvalue weighted by atomic mass is 9.98. The van der Waals surface area contributed by atoms with E-state index in [1.165, 1.54) is 0 Å². The fourth-order valence-electron chi connectivity index (χ4n) is 3.58. The SMILES string of the molecule is CCCOc1ccc(C2NC(=O)c3oc4ccc(C)cc4c(=O)c32)cc1OCC. The van der Waals surface area contributed by atoms with Crippen LogP contribution in [0.4, 0.5) is 0 Å². The fraction of sp³-hybridized carbons (Fsp3) is 0.304. The molecule has 1 aliphatic heterocycles. The van der Waals surface area contributed by atoms with E-state index < -0.39 is 11.9 Å². The summed E-state index contributed by atoms with van der Waals surface area (Å²) in [6, 6.07) is 10.2. The molecule has 1 aliphatic rings. The molecule has 29 heavy (non-hydrogen) atoms. The molecule has 0 spiro atoms. The molecule has 1 aromatic heterocycles. The Bertz CT molecular complexity index is 1150. The zero-order valence-electron chi connectivity index (χ0n) is 16.7. The van der Waals surface area contributed by atoms with Gasteiger partial charge in [-0.25, -0.2) is 0 Å². The van der Waals surface area contributed by atoms with Crippen LogP contribution in [0.25, 0.3) is 11.0 Å². The molecule has 6 nitrogen and oxygen atoms in total. The highest BCUT2D eigenvalue weighted by atomic mass is 16.5. The Morgan fingerprint density at radius 2 is 1.86 bits per heavy atom. The maximum Gasteiger partial charge on any atom is 0.288 e. The summed E-state index contributed by atoms with van der Waals surface area (Å²) in [4.78, 5) is 25.7. The summed E-state index contributed by atoms with van der Waals surface area (Å²) in [5.74, 6) is 0.903. The summed E-state index contributed by atoms with van der Waals surface area (Å²) < 4.78 is 17.3. The zero-order valence-corrected chi connectivity index (χ0v) is 16.7. The van der Waals surface area contributed by atoms with Gasteiger partial charge in [0.05, 0.1) is 30.2 Å². The standard InChI is InChI=1S/C23H23NO5/c1-4-10-28-17-9-7-14(12-18(17)27-5-2)20-19-21(25)15-11-13(3)6-8-16(15)29-22(19)23(26)24-20/h6-9,11-12,20H,4-5,10H2,1-3H3,(H,24,26). The molecule has 1 N–H and O–H groups in total. The third-order valence-electron chi connectivity index (χ3n) is 4.91. The van der Waals surface area contributed by atoms with Gasteiger partial charge >= 0.3 is 0 Å². The summed E-state index contributed by atoms with van der Waals surface area (Å²) in [5.41, 5.74) is 2.24. The minimum atomic E-state index is -0.599. The largest absolute Gasteiger partial charge is 0.490 e. The van der Waals surface area contributed by atoms with Crippen LogP contribution in [0, 0.1) is 6.92 Å². The van der Waals surface area contributed by atoms with Crippen molar-refractivity contribution in [3.63, 3.8) is 0 Å². The number of carbonyl (C=O) groups is 1. The van der Waals surface area contributed by atoms with Crippen LogP contribution in [0.3, 0.4) is 0 Å². The Hall–Kier alpha value is -3.28. The van der Waals surface area contributed by atoms with Crippen molar-refractivity contribution in [1.82, 2.24) is 5.32 Å². The molecule has 0 saturated heterocycles. The van der Waals surface area contributed by atoms with E-state index in [1.54, 1.807) is 12.1 Å². The van der Waals surface area contributed by atoms with Crippen LogP contribution in [0.5, 0.6) is 11.5 Å². The molecule has 0 fully saturated rings. The molecule has 2 heterocycles. The van der Waals surface area contributed by atoms with E-state index in [2.05, 4.69) is 5.32 Å². The molecule has 4 rings (SSSR count). The second-order valence-corrected chi connectivity index (χ2v) is 7.07. The van der Waals surface area contributed by atoms with Crippen molar-refractivity contribution in [2.75, 3.05) is 13.2 Å². The third kappa shape index (κ3) is 3.35. The molecule has 6 heteroatoms. The predicted octanol–water partition coefficient (Wildman–Crippen LogP) is 4.12. The van der Waals surface area contributed by atoms with E-state index in [9.17, 15) is 9.59 Å². The number of rotatable bonds is 6. The lowest BCUT2D eigenvalue weighted by molar-refractivity contribution is 0.0938. The second kappa shape index (κ2) is 7.62. The van der Waals surface area contributed by atoms with Gasteiger partial charge in [0.15, 0.2) is 16.9 Å². The summed E-state index contributed by atoms with van der Waals surface area (Å²) >= 11 is 0. The molecule has 1 amide bonds. The number of hydrogen-bond donors (Lipinski definition) is 1. The number of fused-ring (bicyclic) bond motifs is 2. The molecule has 0 saturated carbocycles.